The van der Waals surface area contributed by atoms with Crippen molar-refractivity contribution in [2.24, 2.45) is 22.7 Å². The van der Waals surface area contributed by atoms with E-state index in [2.05, 4.69) is 13.2 Å². The fourth-order valence-electron chi connectivity index (χ4n) is 6.98. The van der Waals surface area contributed by atoms with Crippen LogP contribution in [0.25, 0.3) is 11.3 Å². The van der Waals surface area contributed by atoms with Crippen LogP contribution in [0.1, 0.15) is 57.6 Å². The first kappa shape index (κ1) is 24.3. The normalized spacial score (nSPS) is 33.8. The highest BCUT2D eigenvalue weighted by atomic mass is 16.3. The molecule has 4 aliphatic carbocycles. The number of Topliss-reactive ketones (excluding diaryl/α,β-unsaturated/α-hetero) is 3. The molecular formula is C29H30O7. The maximum Gasteiger partial charge on any atom is 0.203 e. The summed E-state index contributed by atoms with van der Waals surface area (Å²) in [7, 11) is 0. The van der Waals surface area contributed by atoms with E-state index in [9.17, 15) is 34.8 Å². The summed E-state index contributed by atoms with van der Waals surface area (Å²) in [5.41, 5.74) is -4.48. The van der Waals surface area contributed by atoms with Gasteiger partial charge in [0.1, 0.15) is 22.8 Å². The number of allylic oxidation sites excluding steroid dienone is 3. The molecule has 5 rings (SSSR count). The number of hydrogen-bond donors (Lipinski definition) is 4. The number of carbonyl (C=O) groups excluding carboxylic acids is 3. The minimum Gasteiger partial charge on any atom is -0.508 e. The Labute approximate surface area is 209 Å². The fraction of sp³-hybridized carbons (Fsp3) is 0.414. The molecule has 0 radical (unpaired) electrons. The maximum atomic E-state index is 14.2. The van der Waals surface area contributed by atoms with Gasteiger partial charge in [-0.2, -0.15) is 0 Å². The van der Waals surface area contributed by atoms with Crippen molar-refractivity contribution < 1.29 is 34.8 Å². The molecule has 4 atom stereocenters. The van der Waals surface area contributed by atoms with Crippen LogP contribution in [0, 0.1) is 22.7 Å². The third-order valence-electron chi connectivity index (χ3n) is 9.19. The number of carbonyl (C=O) groups is 3. The minimum atomic E-state index is -2.65. The van der Waals surface area contributed by atoms with E-state index < -0.39 is 56.8 Å². The monoisotopic (exact) mass is 490 g/mol. The second-order valence-corrected chi connectivity index (χ2v) is 11.1. The highest BCUT2D eigenvalue weighted by Gasteiger charge is 2.73. The summed E-state index contributed by atoms with van der Waals surface area (Å²) in [6, 6.07) is 4.67. The molecule has 0 heterocycles. The van der Waals surface area contributed by atoms with Crippen LogP contribution in [0.2, 0.25) is 0 Å². The van der Waals surface area contributed by atoms with E-state index >= 15 is 0 Å². The smallest absolute Gasteiger partial charge is 0.203 e. The van der Waals surface area contributed by atoms with Crippen molar-refractivity contribution in [2.75, 3.05) is 0 Å². The molecule has 7 heteroatoms. The highest BCUT2D eigenvalue weighted by Crippen LogP contribution is 2.69. The number of ketones is 3. The molecule has 0 aliphatic heterocycles. The van der Waals surface area contributed by atoms with E-state index in [0.29, 0.717) is 17.6 Å². The summed E-state index contributed by atoms with van der Waals surface area (Å²) in [5, 5.41) is 45.4. The number of phenols is 1. The molecule has 0 amide bonds. The van der Waals surface area contributed by atoms with Crippen molar-refractivity contribution in [3.63, 3.8) is 0 Å². The summed E-state index contributed by atoms with van der Waals surface area (Å²) in [4.78, 5) is 39.7. The van der Waals surface area contributed by atoms with Crippen molar-refractivity contribution in [1.29, 1.82) is 0 Å². The Balaban J connectivity index is 1.88. The lowest BCUT2D eigenvalue weighted by molar-refractivity contribution is -0.175. The van der Waals surface area contributed by atoms with Gasteiger partial charge in [-0.05, 0) is 55.2 Å². The lowest BCUT2D eigenvalue weighted by Gasteiger charge is -2.62. The first-order chi connectivity index (χ1) is 16.7. The Morgan fingerprint density at radius 2 is 1.78 bits per heavy atom. The van der Waals surface area contributed by atoms with Crippen LogP contribution in [0.5, 0.6) is 5.75 Å². The summed E-state index contributed by atoms with van der Waals surface area (Å²) in [6.07, 6.45) is 1.87. The lowest BCUT2D eigenvalue weighted by Crippen LogP contribution is -2.69. The molecule has 0 bridgehead atoms. The van der Waals surface area contributed by atoms with Gasteiger partial charge in [-0.3, -0.25) is 14.4 Å². The number of phenolic OH excluding ortho intramolecular Hbond substituents is 1. The summed E-state index contributed by atoms with van der Waals surface area (Å²) in [6.45, 7) is 12.9. The van der Waals surface area contributed by atoms with Gasteiger partial charge in [0.25, 0.3) is 0 Å². The molecule has 36 heavy (non-hydrogen) atoms. The van der Waals surface area contributed by atoms with Gasteiger partial charge in [0.2, 0.25) is 5.78 Å². The number of aliphatic hydroxyl groups is 3. The molecule has 4 aliphatic rings. The van der Waals surface area contributed by atoms with Gasteiger partial charge in [0.15, 0.2) is 17.2 Å². The zero-order valence-electron chi connectivity index (χ0n) is 20.6. The third kappa shape index (κ3) is 2.69. The molecule has 0 aromatic heterocycles. The third-order valence-corrected chi connectivity index (χ3v) is 9.19. The SMILES string of the molecule is C=C(CC1C2(C)C(=C)c3cccc(O)c3C(O)=C2C(=O)C2(O)C(O)=C(C(C)=O)C(=O)CC12C)C1CC1. The van der Waals surface area contributed by atoms with E-state index in [0.717, 1.165) is 25.3 Å². The Hall–Kier alpha value is -3.45. The maximum absolute atomic E-state index is 14.2. The topological polar surface area (TPSA) is 132 Å². The molecule has 1 aromatic carbocycles. The summed E-state index contributed by atoms with van der Waals surface area (Å²) < 4.78 is 0. The van der Waals surface area contributed by atoms with Gasteiger partial charge >= 0.3 is 0 Å². The van der Waals surface area contributed by atoms with E-state index in [4.69, 9.17) is 0 Å². The van der Waals surface area contributed by atoms with Gasteiger partial charge in [-0.15, -0.1) is 0 Å². The van der Waals surface area contributed by atoms with E-state index in [-0.39, 0.29) is 29.2 Å². The summed E-state index contributed by atoms with van der Waals surface area (Å²) in [5.74, 6) is -4.64. The number of aromatic hydroxyl groups is 1. The quantitative estimate of drug-likeness (QED) is 0.364. The predicted molar refractivity (Wildman–Crippen MR) is 133 cm³/mol. The van der Waals surface area contributed by atoms with Crippen molar-refractivity contribution in [3.05, 3.63) is 65.0 Å². The Morgan fingerprint density at radius 3 is 2.36 bits per heavy atom. The van der Waals surface area contributed by atoms with Crippen LogP contribution in [0.3, 0.4) is 0 Å². The van der Waals surface area contributed by atoms with Gasteiger partial charge in [0, 0.05) is 17.3 Å². The number of rotatable bonds is 4. The van der Waals surface area contributed by atoms with Crippen LogP contribution >= 0.6 is 0 Å². The molecule has 4 unspecified atom stereocenters. The molecular weight excluding hydrogens is 460 g/mol. The lowest BCUT2D eigenvalue weighted by atomic mass is 9.41. The summed E-state index contributed by atoms with van der Waals surface area (Å²) >= 11 is 0. The van der Waals surface area contributed by atoms with Gasteiger partial charge in [-0.1, -0.05) is 44.7 Å². The van der Waals surface area contributed by atoms with Crippen LogP contribution in [-0.4, -0.2) is 43.4 Å². The Kier molecular flexibility index (Phi) is 4.91. The number of fused-ring (bicyclic) bond motifs is 3. The molecule has 188 valence electrons. The number of hydrogen-bond acceptors (Lipinski definition) is 7. The molecule has 1 aromatic rings. The average molecular weight is 491 g/mol. The predicted octanol–water partition coefficient (Wildman–Crippen LogP) is 4.36. The van der Waals surface area contributed by atoms with Crippen LogP contribution < -0.4 is 0 Å². The second-order valence-electron chi connectivity index (χ2n) is 11.1. The number of aliphatic hydroxyl groups excluding tert-OH is 2. The number of benzene rings is 1. The van der Waals surface area contributed by atoms with E-state index in [1.165, 1.54) is 6.07 Å². The zero-order chi connectivity index (χ0) is 26.5. The second kappa shape index (κ2) is 7.29. The van der Waals surface area contributed by atoms with E-state index in [1.807, 2.05) is 0 Å². The Morgan fingerprint density at radius 1 is 1.14 bits per heavy atom. The molecule has 0 saturated heterocycles. The largest absolute Gasteiger partial charge is 0.508 e. The Bertz CT molecular complexity index is 1370. The van der Waals surface area contributed by atoms with Crippen LogP contribution in [0.4, 0.5) is 0 Å². The standard InChI is InChI=1S/C29H30O7/c1-13(16-9-10-16)11-20-27(4)12-19(32)21(15(3)30)25(34)29(27,36)26(35)23-24(33)22-17(7-6-8-18(22)31)14(2)28(20,23)5/h6-8,16,20,31,33-34,36H,1-2,9-12H2,3-5H3. The van der Waals surface area contributed by atoms with Crippen molar-refractivity contribution in [2.45, 2.75) is 52.1 Å². The van der Waals surface area contributed by atoms with Crippen LogP contribution in [0.15, 0.2) is 53.8 Å². The first-order valence-corrected chi connectivity index (χ1v) is 12.1. The fourth-order valence-corrected chi connectivity index (χ4v) is 6.98. The zero-order valence-corrected chi connectivity index (χ0v) is 20.6. The molecule has 0 spiro atoms. The van der Waals surface area contributed by atoms with Crippen molar-refractivity contribution in [3.8, 4) is 5.75 Å². The van der Waals surface area contributed by atoms with Crippen molar-refractivity contribution >= 4 is 28.7 Å². The van der Waals surface area contributed by atoms with Crippen LogP contribution in [-0.2, 0) is 14.4 Å². The minimum absolute atomic E-state index is 0.0115. The van der Waals surface area contributed by atoms with Crippen molar-refractivity contribution in [1.82, 2.24) is 0 Å². The molecule has 4 N–H and O–H groups in total. The molecule has 7 nitrogen and oxygen atoms in total. The molecule has 2 fully saturated rings. The van der Waals surface area contributed by atoms with E-state index in [1.54, 1.807) is 26.0 Å². The van der Waals surface area contributed by atoms with Gasteiger partial charge in [-0.25, -0.2) is 0 Å². The first-order valence-electron chi connectivity index (χ1n) is 12.1. The molecule has 2 saturated carbocycles. The average Bonchev–Trinajstić information content (AvgIpc) is 3.63. The highest BCUT2D eigenvalue weighted by molar-refractivity contribution is 6.24. The van der Waals surface area contributed by atoms with Gasteiger partial charge in [0.05, 0.1) is 11.1 Å². The van der Waals surface area contributed by atoms with Gasteiger partial charge < -0.3 is 20.4 Å².